The predicted octanol–water partition coefficient (Wildman–Crippen LogP) is 0.783. The van der Waals surface area contributed by atoms with Crippen molar-refractivity contribution in [2.45, 2.75) is 38.4 Å². The Morgan fingerprint density at radius 2 is 2.05 bits per heavy atom. The molecule has 1 N–H and O–H groups in total. The van der Waals surface area contributed by atoms with Crippen LogP contribution in [-0.2, 0) is 14.3 Å². The Morgan fingerprint density at radius 3 is 2.76 bits per heavy atom. The molecule has 21 heavy (non-hydrogen) atoms. The fourth-order valence-corrected chi connectivity index (χ4v) is 2.90. The molecule has 0 aliphatic carbocycles. The van der Waals surface area contributed by atoms with Crippen LogP contribution in [-0.4, -0.2) is 78.5 Å². The maximum atomic E-state index is 12.5. The Hall–Kier alpha value is -1.34. The fraction of sp³-hybridized carbons (Fsp3) is 0.857. The van der Waals surface area contributed by atoms with E-state index >= 15 is 0 Å². The van der Waals surface area contributed by atoms with Crippen molar-refractivity contribution in [2.24, 2.45) is 0 Å². The number of hydrogen-bond donors (Lipinski definition) is 1. The molecular formula is C14H24N2O5. The first-order valence-corrected chi connectivity index (χ1v) is 7.59. The Balaban J connectivity index is 1.88. The molecule has 2 heterocycles. The van der Waals surface area contributed by atoms with Gasteiger partial charge in [0.1, 0.15) is 0 Å². The number of carbonyl (C=O) groups is 2. The number of carbonyl (C=O) groups excluding carboxylic acids is 1. The molecule has 2 rings (SSSR count). The summed E-state index contributed by atoms with van der Waals surface area (Å²) in [5.41, 5.74) is 0. The first-order chi connectivity index (χ1) is 10.1. The van der Waals surface area contributed by atoms with E-state index in [2.05, 4.69) is 0 Å². The van der Waals surface area contributed by atoms with Gasteiger partial charge in [-0.15, -0.1) is 0 Å². The SMILES string of the molecule is CCOC1CCCN(C(=O)N2CCOC(CC(=O)O)C2)C1. The maximum Gasteiger partial charge on any atom is 0.320 e. The number of hydrogen-bond acceptors (Lipinski definition) is 4. The second-order valence-corrected chi connectivity index (χ2v) is 5.48. The molecule has 120 valence electrons. The number of nitrogens with zero attached hydrogens (tertiary/aromatic N) is 2. The molecule has 2 amide bonds. The summed E-state index contributed by atoms with van der Waals surface area (Å²) >= 11 is 0. The van der Waals surface area contributed by atoms with Crippen LogP contribution in [0.15, 0.2) is 0 Å². The first kappa shape index (κ1) is 16.0. The lowest BCUT2D eigenvalue weighted by Crippen LogP contribution is -2.54. The highest BCUT2D eigenvalue weighted by atomic mass is 16.5. The zero-order chi connectivity index (χ0) is 15.2. The van der Waals surface area contributed by atoms with Gasteiger partial charge < -0.3 is 24.4 Å². The van der Waals surface area contributed by atoms with E-state index in [0.717, 1.165) is 19.4 Å². The van der Waals surface area contributed by atoms with Crippen LogP contribution in [0.3, 0.4) is 0 Å². The Kier molecular flexibility index (Phi) is 5.81. The van der Waals surface area contributed by atoms with E-state index in [9.17, 15) is 9.59 Å². The van der Waals surface area contributed by atoms with Gasteiger partial charge in [-0.25, -0.2) is 4.79 Å². The lowest BCUT2D eigenvalue weighted by molar-refractivity contribution is -0.141. The minimum absolute atomic E-state index is 0.0295. The van der Waals surface area contributed by atoms with E-state index in [1.807, 2.05) is 11.8 Å². The molecule has 0 aromatic carbocycles. The van der Waals surface area contributed by atoms with E-state index < -0.39 is 12.1 Å². The van der Waals surface area contributed by atoms with Crippen LogP contribution in [0.25, 0.3) is 0 Å². The summed E-state index contributed by atoms with van der Waals surface area (Å²) in [5.74, 6) is -0.899. The molecule has 2 saturated heterocycles. The molecule has 0 bridgehead atoms. The summed E-state index contributed by atoms with van der Waals surface area (Å²) in [5, 5.41) is 8.82. The zero-order valence-electron chi connectivity index (χ0n) is 12.5. The average molecular weight is 300 g/mol. The van der Waals surface area contributed by atoms with Crippen LogP contribution in [0.1, 0.15) is 26.2 Å². The van der Waals surface area contributed by atoms with Gasteiger partial charge in [0, 0.05) is 32.8 Å². The summed E-state index contributed by atoms with van der Waals surface area (Å²) in [7, 11) is 0. The summed E-state index contributed by atoms with van der Waals surface area (Å²) in [6, 6.07) is -0.0295. The molecule has 0 aromatic rings. The van der Waals surface area contributed by atoms with Gasteiger partial charge in [0.05, 0.1) is 25.2 Å². The molecule has 7 heteroatoms. The lowest BCUT2D eigenvalue weighted by Gasteiger charge is -2.39. The highest BCUT2D eigenvalue weighted by molar-refractivity contribution is 5.75. The number of urea groups is 1. The van der Waals surface area contributed by atoms with Crippen LogP contribution >= 0.6 is 0 Å². The summed E-state index contributed by atoms with van der Waals surface area (Å²) in [6.07, 6.45) is 1.57. The molecule has 0 saturated carbocycles. The number of carboxylic acids is 1. The number of likely N-dealkylation sites (tertiary alicyclic amines) is 1. The van der Waals surface area contributed by atoms with Crippen LogP contribution in [0, 0.1) is 0 Å². The van der Waals surface area contributed by atoms with Crippen molar-refractivity contribution in [1.29, 1.82) is 0 Å². The van der Waals surface area contributed by atoms with Crippen molar-refractivity contribution in [3.8, 4) is 0 Å². The molecule has 2 unspecified atom stereocenters. The van der Waals surface area contributed by atoms with E-state index in [1.165, 1.54) is 0 Å². The third-order valence-corrected chi connectivity index (χ3v) is 3.86. The van der Waals surface area contributed by atoms with Gasteiger partial charge in [-0.3, -0.25) is 4.79 Å². The van der Waals surface area contributed by atoms with E-state index in [1.54, 1.807) is 4.90 Å². The van der Waals surface area contributed by atoms with E-state index in [0.29, 0.717) is 32.8 Å². The minimum Gasteiger partial charge on any atom is -0.481 e. The monoisotopic (exact) mass is 300 g/mol. The molecule has 2 atom stereocenters. The second-order valence-electron chi connectivity index (χ2n) is 5.48. The number of carboxylic acid groups (broad SMARTS) is 1. The van der Waals surface area contributed by atoms with Crippen LogP contribution < -0.4 is 0 Å². The number of ether oxygens (including phenoxy) is 2. The van der Waals surface area contributed by atoms with Gasteiger partial charge in [-0.05, 0) is 19.8 Å². The molecular weight excluding hydrogens is 276 g/mol. The third kappa shape index (κ3) is 4.57. The highest BCUT2D eigenvalue weighted by Gasteiger charge is 2.31. The summed E-state index contributed by atoms with van der Waals surface area (Å²) in [4.78, 5) is 26.8. The highest BCUT2D eigenvalue weighted by Crippen LogP contribution is 2.17. The number of piperidine rings is 1. The summed E-state index contributed by atoms with van der Waals surface area (Å²) < 4.78 is 11.0. The van der Waals surface area contributed by atoms with E-state index in [-0.39, 0.29) is 18.6 Å². The van der Waals surface area contributed by atoms with Gasteiger partial charge in [-0.1, -0.05) is 0 Å². The smallest absolute Gasteiger partial charge is 0.320 e. The topological polar surface area (TPSA) is 79.3 Å². The number of morpholine rings is 1. The molecule has 0 radical (unpaired) electrons. The van der Waals surface area contributed by atoms with Crippen LogP contribution in [0.4, 0.5) is 4.79 Å². The largest absolute Gasteiger partial charge is 0.481 e. The maximum absolute atomic E-state index is 12.5. The van der Waals surface area contributed by atoms with Crippen molar-refractivity contribution >= 4 is 12.0 Å². The van der Waals surface area contributed by atoms with E-state index in [4.69, 9.17) is 14.6 Å². The van der Waals surface area contributed by atoms with Gasteiger partial charge in [-0.2, -0.15) is 0 Å². The molecule has 2 fully saturated rings. The Bertz CT molecular complexity index is 374. The number of amides is 2. The van der Waals surface area contributed by atoms with Crippen LogP contribution in [0.2, 0.25) is 0 Å². The quantitative estimate of drug-likeness (QED) is 0.830. The minimum atomic E-state index is -0.899. The molecule has 2 aliphatic rings. The van der Waals surface area contributed by atoms with Crippen LogP contribution in [0.5, 0.6) is 0 Å². The Labute approximate surface area is 124 Å². The normalized spacial score (nSPS) is 26.7. The molecule has 0 spiro atoms. The standard InChI is InChI=1S/C14H24N2O5/c1-2-20-11-4-3-5-15(9-11)14(19)16-6-7-21-12(10-16)8-13(17)18/h11-12H,2-10H2,1H3,(H,17,18). The predicted molar refractivity (Wildman–Crippen MR) is 75.2 cm³/mol. The summed E-state index contributed by atoms with van der Waals surface area (Å²) in [6.45, 7) is 5.24. The third-order valence-electron chi connectivity index (χ3n) is 3.86. The lowest BCUT2D eigenvalue weighted by atomic mass is 10.1. The van der Waals surface area contributed by atoms with Crippen molar-refractivity contribution in [3.05, 3.63) is 0 Å². The van der Waals surface area contributed by atoms with Gasteiger partial charge in [0.15, 0.2) is 0 Å². The van der Waals surface area contributed by atoms with Crippen molar-refractivity contribution in [1.82, 2.24) is 9.80 Å². The molecule has 7 nitrogen and oxygen atoms in total. The average Bonchev–Trinajstić information content (AvgIpc) is 2.47. The number of aliphatic carboxylic acids is 1. The number of rotatable bonds is 4. The van der Waals surface area contributed by atoms with Gasteiger partial charge in [0.25, 0.3) is 0 Å². The zero-order valence-corrected chi connectivity index (χ0v) is 12.5. The van der Waals surface area contributed by atoms with Crippen molar-refractivity contribution < 1.29 is 24.2 Å². The first-order valence-electron chi connectivity index (χ1n) is 7.59. The second kappa shape index (κ2) is 7.61. The van der Waals surface area contributed by atoms with Gasteiger partial charge in [0.2, 0.25) is 0 Å². The molecule has 0 aromatic heterocycles. The molecule has 2 aliphatic heterocycles. The fourth-order valence-electron chi connectivity index (χ4n) is 2.90. The van der Waals surface area contributed by atoms with Crippen molar-refractivity contribution in [3.63, 3.8) is 0 Å². The van der Waals surface area contributed by atoms with Gasteiger partial charge >= 0.3 is 12.0 Å². The Morgan fingerprint density at radius 1 is 1.29 bits per heavy atom. The van der Waals surface area contributed by atoms with Crippen molar-refractivity contribution in [2.75, 3.05) is 39.4 Å².